The Labute approximate surface area is 127 Å². The van der Waals surface area contributed by atoms with Gasteiger partial charge in [-0.3, -0.25) is 20.1 Å². The molecule has 3 N–H and O–H groups in total. The third-order valence-corrected chi connectivity index (χ3v) is 4.62. The van der Waals surface area contributed by atoms with Gasteiger partial charge in [0.05, 0.1) is 0 Å². The van der Waals surface area contributed by atoms with E-state index in [-0.39, 0.29) is 5.56 Å². The molecule has 1 aliphatic rings. The zero-order valence-corrected chi connectivity index (χ0v) is 13.1. The molecule has 2 aromatic rings. The number of aromatic nitrogens is 1. The molecule has 110 valence electrons. The van der Waals surface area contributed by atoms with Crippen LogP contribution in [-0.2, 0) is 6.54 Å². The number of hydrogen-bond acceptors (Lipinski definition) is 5. The molecular weight excluding hydrogens is 284 g/mol. The molecule has 0 saturated carbocycles. The maximum atomic E-state index is 12.8. The topological polar surface area (TPSA) is 72.4 Å². The minimum Gasteiger partial charge on any atom is -0.337 e. The van der Waals surface area contributed by atoms with Gasteiger partial charge in [0.2, 0.25) is 0 Å². The Hall–Kier alpha value is -1.92. The molecule has 0 radical (unpaired) electrons. The SMILES string of the molecule is CCn1c2c(cc(-c3cscc3C)c1=O)C(C)=NC(N)N2. The fraction of sp³-hybridized carbons (Fsp3) is 0.333. The summed E-state index contributed by atoms with van der Waals surface area (Å²) >= 11 is 1.61. The van der Waals surface area contributed by atoms with Crippen molar-refractivity contribution in [1.82, 2.24) is 4.57 Å². The van der Waals surface area contributed by atoms with Gasteiger partial charge in [0, 0.05) is 28.9 Å². The van der Waals surface area contributed by atoms with Gasteiger partial charge in [-0.25, -0.2) is 0 Å². The summed E-state index contributed by atoms with van der Waals surface area (Å²) in [6, 6.07) is 1.93. The summed E-state index contributed by atoms with van der Waals surface area (Å²) in [4.78, 5) is 17.1. The first-order valence-electron chi connectivity index (χ1n) is 6.90. The van der Waals surface area contributed by atoms with Crippen molar-refractivity contribution >= 4 is 22.9 Å². The van der Waals surface area contributed by atoms with Gasteiger partial charge in [-0.15, -0.1) is 0 Å². The predicted octanol–water partition coefficient (Wildman–Crippen LogP) is 2.38. The third kappa shape index (κ3) is 2.20. The summed E-state index contributed by atoms with van der Waals surface area (Å²) in [6.07, 6.45) is -0.497. The fourth-order valence-corrected chi connectivity index (χ4v) is 3.53. The van der Waals surface area contributed by atoms with E-state index in [9.17, 15) is 4.79 Å². The van der Waals surface area contributed by atoms with Crippen molar-refractivity contribution in [1.29, 1.82) is 0 Å². The summed E-state index contributed by atoms with van der Waals surface area (Å²) in [6.45, 7) is 6.50. The highest BCUT2D eigenvalue weighted by Gasteiger charge is 2.22. The van der Waals surface area contributed by atoms with E-state index in [1.807, 2.05) is 32.2 Å². The molecule has 6 heteroatoms. The van der Waals surface area contributed by atoms with Crippen molar-refractivity contribution in [3.05, 3.63) is 38.3 Å². The fourth-order valence-electron chi connectivity index (χ4n) is 2.68. The van der Waals surface area contributed by atoms with Crippen molar-refractivity contribution in [2.75, 3.05) is 5.32 Å². The van der Waals surface area contributed by atoms with Crippen LogP contribution in [0.25, 0.3) is 11.1 Å². The van der Waals surface area contributed by atoms with Crippen molar-refractivity contribution in [3.8, 4) is 11.1 Å². The normalized spacial score (nSPS) is 17.1. The Bertz CT molecular complexity index is 787. The Morgan fingerprint density at radius 1 is 1.33 bits per heavy atom. The molecule has 0 amide bonds. The standard InChI is InChI=1S/C15H18N4OS/c1-4-19-13-10(9(3)17-15(16)18-13)5-11(14(19)20)12-7-21-6-8(12)2/h5-7,15,18H,4,16H2,1-3H3. The molecule has 2 aromatic heterocycles. The summed E-state index contributed by atoms with van der Waals surface area (Å²) in [5.41, 5.74) is 10.5. The molecule has 0 aromatic carbocycles. The highest BCUT2D eigenvalue weighted by atomic mass is 32.1. The monoisotopic (exact) mass is 302 g/mol. The second kappa shape index (κ2) is 5.13. The molecule has 1 atom stereocenters. The Morgan fingerprint density at radius 3 is 2.71 bits per heavy atom. The molecule has 0 fully saturated rings. The lowest BCUT2D eigenvalue weighted by Gasteiger charge is -2.25. The second-order valence-electron chi connectivity index (χ2n) is 5.14. The molecule has 1 unspecified atom stereocenters. The van der Waals surface area contributed by atoms with Crippen LogP contribution in [0.5, 0.6) is 0 Å². The number of thiophene rings is 1. The van der Waals surface area contributed by atoms with Gasteiger partial charge in [0.1, 0.15) is 5.82 Å². The highest BCUT2D eigenvalue weighted by molar-refractivity contribution is 7.08. The average molecular weight is 302 g/mol. The van der Waals surface area contributed by atoms with Crippen LogP contribution in [0.15, 0.2) is 26.6 Å². The first-order valence-corrected chi connectivity index (χ1v) is 7.85. The molecular formula is C15H18N4OS. The first-order chi connectivity index (χ1) is 10.0. The molecule has 0 aliphatic carbocycles. The van der Waals surface area contributed by atoms with Gasteiger partial charge in [-0.05, 0) is 43.2 Å². The van der Waals surface area contributed by atoms with E-state index < -0.39 is 6.29 Å². The minimum absolute atomic E-state index is 0.00662. The molecule has 1 aliphatic heterocycles. The van der Waals surface area contributed by atoms with Crippen LogP contribution in [0, 0.1) is 6.92 Å². The van der Waals surface area contributed by atoms with Crippen molar-refractivity contribution in [2.24, 2.45) is 10.7 Å². The van der Waals surface area contributed by atoms with E-state index in [1.165, 1.54) is 0 Å². The molecule has 5 nitrogen and oxygen atoms in total. The lowest BCUT2D eigenvalue weighted by molar-refractivity contribution is 0.699. The number of nitrogens with two attached hydrogens (primary N) is 1. The number of nitrogens with one attached hydrogen (secondary N) is 1. The molecule has 3 heterocycles. The lowest BCUT2D eigenvalue weighted by atomic mass is 10.0. The van der Waals surface area contributed by atoms with Gasteiger partial charge in [0.25, 0.3) is 5.56 Å². The maximum Gasteiger partial charge on any atom is 0.260 e. The van der Waals surface area contributed by atoms with Crippen LogP contribution >= 0.6 is 11.3 Å². The smallest absolute Gasteiger partial charge is 0.260 e. The average Bonchev–Trinajstić information content (AvgIpc) is 2.84. The number of pyridine rings is 1. The summed E-state index contributed by atoms with van der Waals surface area (Å²) < 4.78 is 1.74. The number of nitrogens with zero attached hydrogens (tertiary/aromatic N) is 2. The van der Waals surface area contributed by atoms with Crippen LogP contribution in [-0.4, -0.2) is 16.6 Å². The molecule has 0 bridgehead atoms. The second-order valence-corrected chi connectivity index (χ2v) is 5.89. The van der Waals surface area contributed by atoms with E-state index in [0.29, 0.717) is 6.54 Å². The predicted molar refractivity (Wildman–Crippen MR) is 88.2 cm³/mol. The van der Waals surface area contributed by atoms with Crippen LogP contribution < -0.4 is 16.6 Å². The van der Waals surface area contributed by atoms with Gasteiger partial charge in [-0.1, -0.05) is 0 Å². The number of aliphatic imine (C=N–C) groups is 1. The summed E-state index contributed by atoms with van der Waals surface area (Å²) in [5.74, 6) is 0.763. The van der Waals surface area contributed by atoms with Crippen molar-refractivity contribution in [2.45, 2.75) is 33.6 Å². The summed E-state index contributed by atoms with van der Waals surface area (Å²) in [7, 11) is 0. The van der Waals surface area contributed by atoms with E-state index in [2.05, 4.69) is 15.7 Å². The van der Waals surface area contributed by atoms with Crippen LogP contribution in [0.3, 0.4) is 0 Å². The van der Waals surface area contributed by atoms with Crippen molar-refractivity contribution in [3.63, 3.8) is 0 Å². The van der Waals surface area contributed by atoms with E-state index >= 15 is 0 Å². The number of aryl methyl sites for hydroxylation is 1. The number of anilines is 1. The quantitative estimate of drug-likeness (QED) is 0.894. The van der Waals surface area contributed by atoms with Gasteiger partial charge >= 0.3 is 0 Å². The zero-order valence-electron chi connectivity index (χ0n) is 12.3. The van der Waals surface area contributed by atoms with Crippen LogP contribution in [0.4, 0.5) is 5.82 Å². The van der Waals surface area contributed by atoms with Gasteiger partial charge < -0.3 is 5.32 Å². The third-order valence-electron chi connectivity index (χ3n) is 3.76. The molecule has 3 rings (SSSR count). The largest absolute Gasteiger partial charge is 0.337 e. The minimum atomic E-state index is -0.497. The first kappa shape index (κ1) is 14.0. The van der Waals surface area contributed by atoms with E-state index in [4.69, 9.17) is 5.73 Å². The number of fused-ring (bicyclic) bond motifs is 1. The lowest BCUT2D eigenvalue weighted by Crippen LogP contribution is -2.37. The van der Waals surface area contributed by atoms with Crippen molar-refractivity contribution < 1.29 is 0 Å². The van der Waals surface area contributed by atoms with Crippen LogP contribution in [0.2, 0.25) is 0 Å². The Morgan fingerprint density at radius 2 is 2.10 bits per heavy atom. The Kier molecular flexibility index (Phi) is 3.43. The van der Waals surface area contributed by atoms with Gasteiger partial charge in [0.15, 0.2) is 6.29 Å². The Balaban J connectivity index is 2.32. The van der Waals surface area contributed by atoms with E-state index in [1.54, 1.807) is 15.9 Å². The number of hydrogen-bond donors (Lipinski definition) is 2. The van der Waals surface area contributed by atoms with Crippen LogP contribution in [0.1, 0.15) is 25.0 Å². The molecule has 0 saturated heterocycles. The van der Waals surface area contributed by atoms with Gasteiger partial charge in [-0.2, -0.15) is 11.3 Å². The number of rotatable bonds is 2. The zero-order chi connectivity index (χ0) is 15.1. The molecule has 21 heavy (non-hydrogen) atoms. The van der Waals surface area contributed by atoms with E-state index in [0.717, 1.165) is 33.8 Å². The summed E-state index contributed by atoms with van der Waals surface area (Å²) in [5, 5.41) is 7.17. The highest BCUT2D eigenvalue weighted by Crippen LogP contribution is 2.29. The maximum absolute atomic E-state index is 12.8. The molecule has 0 spiro atoms.